The Morgan fingerprint density at radius 2 is 0.383 bits per heavy atom. The highest BCUT2D eigenvalue weighted by Gasteiger charge is 2.13. The van der Waals surface area contributed by atoms with E-state index in [0.717, 1.165) is 77.9 Å². The fraction of sp³-hybridized carbons (Fsp3) is 0. The lowest BCUT2D eigenvalue weighted by Crippen LogP contribution is -1.90. The normalized spacial score (nSPS) is 11.0. The molecule has 286 valence electrons. The summed E-state index contributed by atoms with van der Waals surface area (Å²) >= 11 is 11.6. The maximum atomic E-state index is 11.9. The molecule has 0 saturated heterocycles. The Labute approximate surface area is 360 Å². The summed E-state index contributed by atoms with van der Waals surface area (Å²) in [4.78, 5) is 23.7. The highest BCUT2D eigenvalue weighted by molar-refractivity contribution is 6.68. The van der Waals surface area contributed by atoms with Crippen molar-refractivity contribution < 1.29 is 9.59 Å². The number of hydrogen-bond donors (Lipinski definition) is 0. The van der Waals surface area contributed by atoms with Gasteiger partial charge in [0.25, 0.3) is 10.5 Å². The van der Waals surface area contributed by atoms with E-state index in [0.29, 0.717) is 11.1 Å². The van der Waals surface area contributed by atoms with Gasteiger partial charge in [0.15, 0.2) is 0 Å². The summed E-state index contributed by atoms with van der Waals surface area (Å²) in [6, 6.07) is 74.9. The molecule has 60 heavy (non-hydrogen) atoms. The predicted octanol–water partition coefficient (Wildman–Crippen LogP) is 15.8. The lowest BCUT2D eigenvalue weighted by atomic mass is 9.90. The molecule has 9 aromatic carbocycles. The third-order valence-corrected chi connectivity index (χ3v) is 11.4. The summed E-state index contributed by atoms with van der Waals surface area (Å²) in [5.41, 5.74) is 18.3. The van der Waals surface area contributed by atoms with Crippen molar-refractivity contribution >= 4 is 33.7 Å². The molecule has 0 spiro atoms. The Bertz CT molecular complexity index is 2750. The van der Waals surface area contributed by atoms with Crippen LogP contribution in [0.2, 0.25) is 0 Å². The first-order valence-electron chi connectivity index (χ1n) is 19.7. The fourth-order valence-electron chi connectivity index (χ4n) is 7.67. The summed E-state index contributed by atoms with van der Waals surface area (Å²) in [5, 5.41) is -0.956. The summed E-state index contributed by atoms with van der Waals surface area (Å²) in [7, 11) is 0. The van der Waals surface area contributed by atoms with Gasteiger partial charge in [-0.05, 0) is 173 Å². The number of carbonyl (C=O) groups is 2. The molecule has 0 heterocycles. The molecule has 0 saturated carbocycles. The van der Waals surface area contributed by atoms with Crippen LogP contribution in [0.4, 0.5) is 0 Å². The van der Waals surface area contributed by atoms with Crippen LogP contribution in [-0.2, 0) is 0 Å². The first-order valence-corrected chi connectivity index (χ1v) is 20.4. The molecule has 4 heteroatoms. The SMILES string of the molecule is O=C(Cl)c1ccc(-c2cc(-c3ccc(-c4ccccc4)cc3)cc(-c3ccc(-c4cc(-c5ccc(C(=O)Cl)cc5)cc(-c5ccc(-c6ccccc6)cc5)c4)cc3)c2)cc1. The van der Waals surface area contributed by atoms with Crippen molar-refractivity contribution in [3.8, 4) is 89.0 Å². The van der Waals surface area contributed by atoms with Gasteiger partial charge in [-0.1, -0.05) is 158 Å². The number of hydrogen-bond acceptors (Lipinski definition) is 2. The second kappa shape index (κ2) is 17.0. The molecule has 9 rings (SSSR count). The van der Waals surface area contributed by atoms with Crippen molar-refractivity contribution in [3.05, 3.63) is 230 Å². The van der Waals surface area contributed by atoms with Crippen LogP contribution in [0, 0.1) is 0 Å². The third kappa shape index (κ3) is 8.39. The van der Waals surface area contributed by atoms with Crippen LogP contribution in [0.15, 0.2) is 218 Å². The predicted molar refractivity (Wildman–Crippen MR) is 250 cm³/mol. The Kier molecular flexibility index (Phi) is 10.9. The van der Waals surface area contributed by atoms with E-state index in [2.05, 4.69) is 158 Å². The molecule has 0 aliphatic rings. The summed E-state index contributed by atoms with van der Waals surface area (Å²) < 4.78 is 0. The Morgan fingerprint density at radius 1 is 0.217 bits per heavy atom. The average Bonchev–Trinajstić information content (AvgIpc) is 3.32. The molecule has 0 radical (unpaired) electrons. The number of benzene rings is 9. The third-order valence-electron chi connectivity index (χ3n) is 11.0. The minimum absolute atomic E-state index is 0.461. The topological polar surface area (TPSA) is 34.1 Å². The van der Waals surface area contributed by atoms with Crippen LogP contribution in [0.5, 0.6) is 0 Å². The smallest absolute Gasteiger partial charge is 0.252 e. The van der Waals surface area contributed by atoms with Crippen molar-refractivity contribution in [2.24, 2.45) is 0 Å². The summed E-state index contributed by atoms with van der Waals surface area (Å²) in [5.74, 6) is 0. The van der Waals surface area contributed by atoms with Crippen LogP contribution in [-0.4, -0.2) is 10.5 Å². The van der Waals surface area contributed by atoms with E-state index in [1.807, 2.05) is 36.4 Å². The number of carbonyl (C=O) groups excluding carboxylic acids is 2. The first-order chi connectivity index (χ1) is 29.3. The molecule has 0 atom stereocenters. The van der Waals surface area contributed by atoms with Gasteiger partial charge in [-0.3, -0.25) is 9.59 Å². The lowest BCUT2D eigenvalue weighted by Gasteiger charge is -2.14. The lowest BCUT2D eigenvalue weighted by molar-refractivity contribution is 0.107. The molecule has 2 nitrogen and oxygen atoms in total. The fourth-order valence-corrected chi connectivity index (χ4v) is 7.92. The minimum Gasteiger partial charge on any atom is -0.276 e. The standard InChI is InChI=1S/C56H36Cl2O2/c57-55(59)47-27-23-45(24-28-47)53-33-49(41-15-11-39(12-16-41)37-7-3-1-4-8-37)31-51(35-53)43-19-21-44(22-20-43)52-32-50(34-54(36-52)46-25-29-48(30-26-46)56(58)60)42-17-13-40(14-18-42)38-9-5-2-6-10-38/h1-36H. The maximum absolute atomic E-state index is 11.9. The van der Waals surface area contributed by atoms with Gasteiger partial charge in [0.2, 0.25) is 0 Å². The van der Waals surface area contributed by atoms with Crippen LogP contribution < -0.4 is 0 Å². The second-order valence-electron chi connectivity index (χ2n) is 14.8. The molecular formula is C56H36Cl2O2. The number of halogens is 2. The number of rotatable bonds is 10. The van der Waals surface area contributed by atoms with Crippen molar-refractivity contribution in [1.29, 1.82) is 0 Å². The summed E-state index contributed by atoms with van der Waals surface area (Å²) in [6.07, 6.45) is 0. The van der Waals surface area contributed by atoms with E-state index in [1.165, 1.54) is 11.1 Å². The summed E-state index contributed by atoms with van der Waals surface area (Å²) in [6.45, 7) is 0. The van der Waals surface area contributed by atoms with Crippen molar-refractivity contribution in [1.82, 2.24) is 0 Å². The van der Waals surface area contributed by atoms with E-state index < -0.39 is 10.5 Å². The van der Waals surface area contributed by atoms with E-state index in [4.69, 9.17) is 23.2 Å². The van der Waals surface area contributed by atoms with Crippen LogP contribution >= 0.6 is 23.2 Å². The molecule has 0 bridgehead atoms. The quantitative estimate of drug-likeness (QED) is 0.129. The zero-order valence-corrected chi connectivity index (χ0v) is 33.9. The van der Waals surface area contributed by atoms with Gasteiger partial charge in [-0.25, -0.2) is 0 Å². The molecule has 0 aliphatic carbocycles. The second-order valence-corrected chi connectivity index (χ2v) is 15.5. The van der Waals surface area contributed by atoms with Crippen molar-refractivity contribution in [3.63, 3.8) is 0 Å². The van der Waals surface area contributed by atoms with E-state index >= 15 is 0 Å². The Balaban J connectivity index is 1.10. The molecule has 0 fully saturated rings. The van der Waals surface area contributed by atoms with Crippen molar-refractivity contribution in [2.45, 2.75) is 0 Å². The molecule has 9 aromatic rings. The first kappa shape index (κ1) is 38.4. The molecule has 0 N–H and O–H groups in total. The highest BCUT2D eigenvalue weighted by Crippen LogP contribution is 2.37. The van der Waals surface area contributed by atoms with Gasteiger partial charge in [-0.15, -0.1) is 0 Å². The Hall–Kier alpha value is -7.10. The zero-order chi connectivity index (χ0) is 41.0. The van der Waals surface area contributed by atoms with E-state index in [-0.39, 0.29) is 0 Å². The molecule has 0 amide bonds. The van der Waals surface area contributed by atoms with Gasteiger partial charge in [0, 0.05) is 11.1 Å². The molecular weight excluding hydrogens is 776 g/mol. The van der Waals surface area contributed by atoms with E-state index in [1.54, 1.807) is 24.3 Å². The van der Waals surface area contributed by atoms with Crippen molar-refractivity contribution in [2.75, 3.05) is 0 Å². The van der Waals surface area contributed by atoms with Gasteiger partial charge in [0.1, 0.15) is 0 Å². The maximum Gasteiger partial charge on any atom is 0.252 e. The van der Waals surface area contributed by atoms with Gasteiger partial charge in [-0.2, -0.15) is 0 Å². The van der Waals surface area contributed by atoms with Crippen LogP contribution in [0.3, 0.4) is 0 Å². The largest absolute Gasteiger partial charge is 0.276 e. The molecule has 0 aromatic heterocycles. The van der Waals surface area contributed by atoms with Gasteiger partial charge >= 0.3 is 0 Å². The molecule has 0 unspecified atom stereocenters. The van der Waals surface area contributed by atoms with Gasteiger partial charge in [0.05, 0.1) is 0 Å². The van der Waals surface area contributed by atoms with Gasteiger partial charge < -0.3 is 0 Å². The highest BCUT2D eigenvalue weighted by atomic mass is 35.5. The average molecular weight is 812 g/mol. The Morgan fingerprint density at radius 3 is 0.583 bits per heavy atom. The zero-order valence-electron chi connectivity index (χ0n) is 32.4. The van der Waals surface area contributed by atoms with E-state index in [9.17, 15) is 9.59 Å². The monoisotopic (exact) mass is 810 g/mol. The van der Waals surface area contributed by atoms with Crippen LogP contribution in [0.1, 0.15) is 20.7 Å². The molecule has 0 aliphatic heterocycles. The minimum atomic E-state index is -0.478. The van der Waals surface area contributed by atoms with Crippen LogP contribution in [0.25, 0.3) is 89.0 Å².